The van der Waals surface area contributed by atoms with Gasteiger partial charge in [0.15, 0.2) is 0 Å². The van der Waals surface area contributed by atoms with Crippen LogP contribution in [0.25, 0.3) is 0 Å². The van der Waals surface area contributed by atoms with E-state index in [0.717, 1.165) is 25.1 Å². The molecule has 0 bridgehead atoms. The van der Waals surface area contributed by atoms with Gasteiger partial charge in [-0.2, -0.15) is 0 Å². The maximum Gasteiger partial charge on any atom is 0.123 e. The van der Waals surface area contributed by atoms with Crippen molar-refractivity contribution in [3.05, 3.63) is 29.6 Å². The standard InChI is InChI=1S/C12H17FN2/c1-3-15-11(8-14-2)7-9-6-10(13)4-5-12(9)15/h4-6,11,14H,3,7-8H2,1-2H3. The second kappa shape index (κ2) is 4.19. The number of rotatable bonds is 3. The monoisotopic (exact) mass is 208 g/mol. The van der Waals surface area contributed by atoms with Crippen molar-refractivity contribution in [3.8, 4) is 0 Å². The number of halogens is 1. The molecule has 2 rings (SSSR count). The van der Waals surface area contributed by atoms with Gasteiger partial charge in [0.2, 0.25) is 0 Å². The van der Waals surface area contributed by atoms with E-state index in [9.17, 15) is 4.39 Å². The number of benzene rings is 1. The number of hydrogen-bond acceptors (Lipinski definition) is 2. The molecular weight excluding hydrogens is 191 g/mol. The molecule has 0 fully saturated rings. The Morgan fingerprint density at radius 3 is 3.00 bits per heavy atom. The molecule has 1 aliphatic rings. The molecule has 1 aromatic rings. The SMILES string of the molecule is CCN1c2ccc(F)cc2CC1CNC. The quantitative estimate of drug-likeness (QED) is 0.814. The number of fused-ring (bicyclic) bond motifs is 1. The van der Waals surface area contributed by atoms with Crippen LogP contribution in [0.3, 0.4) is 0 Å². The number of nitrogens with zero attached hydrogens (tertiary/aromatic N) is 1. The summed E-state index contributed by atoms with van der Waals surface area (Å²) in [4.78, 5) is 2.34. The summed E-state index contributed by atoms with van der Waals surface area (Å²) in [5, 5.41) is 3.19. The average molecular weight is 208 g/mol. The van der Waals surface area contributed by atoms with E-state index in [0.29, 0.717) is 6.04 Å². The van der Waals surface area contributed by atoms with Crippen LogP contribution in [0.5, 0.6) is 0 Å². The maximum atomic E-state index is 13.1. The van der Waals surface area contributed by atoms with Gasteiger partial charge in [0.1, 0.15) is 5.82 Å². The van der Waals surface area contributed by atoms with Gasteiger partial charge in [-0.05, 0) is 44.2 Å². The van der Waals surface area contributed by atoms with Crippen molar-refractivity contribution in [2.45, 2.75) is 19.4 Å². The topological polar surface area (TPSA) is 15.3 Å². The smallest absolute Gasteiger partial charge is 0.123 e. The van der Waals surface area contributed by atoms with E-state index < -0.39 is 0 Å². The highest BCUT2D eigenvalue weighted by Gasteiger charge is 2.27. The van der Waals surface area contributed by atoms with Crippen molar-refractivity contribution < 1.29 is 4.39 Å². The van der Waals surface area contributed by atoms with Crippen LogP contribution in [0.4, 0.5) is 10.1 Å². The van der Waals surface area contributed by atoms with E-state index in [1.165, 1.54) is 5.69 Å². The van der Waals surface area contributed by atoms with Gasteiger partial charge in [-0.15, -0.1) is 0 Å². The first-order valence-electron chi connectivity index (χ1n) is 5.46. The van der Waals surface area contributed by atoms with E-state index >= 15 is 0 Å². The summed E-state index contributed by atoms with van der Waals surface area (Å²) in [6.07, 6.45) is 0.946. The van der Waals surface area contributed by atoms with E-state index in [1.54, 1.807) is 12.1 Å². The van der Waals surface area contributed by atoms with Gasteiger partial charge in [0, 0.05) is 24.8 Å². The zero-order valence-electron chi connectivity index (χ0n) is 9.26. The molecule has 0 aromatic heterocycles. The molecule has 1 atom stereocenters. The summed E-state index contributed by atoms with van der Waals surface area (Å²) in [6.45, 7) is 4.07. The summed E-state index contributed by atoms with van der Waals surface area (Å²) in [7, 11) is 1.96. The van der Waals surface area contributed by atoms with Crippen molar-refractivity contribution >= 4 is 5.69 Å². The maximum absolute atomic E-state index is 13.1. The molecule has 0 saturated heterocycles. The first-order valence-corrected chi connectivity index (χ1v) is 5.46. The summed E-state index contributed by atoms with van der Waals surface area (Å²) >= 11 is 0. The molecular formula is C12H17FN2. The molecule has 1 unspecified atom stereocenters. The summed E-state index contributed by atoms with van der Waals surface area (Å²) in [5.74, 6) is -0.130. The Kier molecular flexibility index (Phi) is 2.91. The minimum Gasteiger partial charge on any atom is -0.367 e. The first-order chi connectivity index (χ1) is 7.26. The fourth-order valence-corrected chi connectivity index (χ4v) is 2.41. The Balaban J connectivity index is 2.28. The Hall–Kier alpha value is -1.09. The second-order valence-corrected chi connectivity index (χ2v) is 3.97. The average Bonchev–Trinajstić information content (AvgIpc) is 2.54. The Labute approximate surface area is 90.1 Å². The lowest BCUT2D eigenvalue weighted by Crippen LogP contribution is -2.38. The largest absolute Gasteiger partial charge is 0.367 e. The molecule has 1 aromatic carbocycles. The number of anilines is 1. The molecule has 15 heavy (non-hydrogen) atoms. The zero-order valence-corrected chi connectivity index (χ0v) is 9.26. The fourth-order valence-electron chi connectivity index (χ4n) is 2.41. The predicted octanol–water partition coefficient (Wildman–Crippen LogP) is 1.80. The van der Waals surface area contributed by atoms with Crippen molar-refractivity contribution in [1.82, 2.24) is 5.32 Å². The van der Waals surface area contributed by atoms with Crippen molar-refractivity contribution in [3.63, 3.8) is 0 Å². The first kappa shape index (κ1) is 10.4. The molecule has 0 spiro atoms. The van der Waals surface area contributed by atoms with Crippen molar-refractivity contribution in [2.24, 2.45) is 0 Å². The molecule has 0 radical (unpaired) electrons. The van der Waals surface area contributed by atoms with Crippen molar-refractivity contribution in [2.75, 3.05) is 25.0 Å². The highest BCUT2D eigenvalue weighted by molar-refractivity contribution is 5.59. The second-order valence-electron chi connectivity index (χ2n) is 3.97. The summed E-state index contributed by atoms with van der Waals surface area (Å²) in [5.41, 5.74) is 2.33. The fraction of sp³-hybridized carbons (Fsp3) is 0.500. The normalized spacial score (nSPS) is 19.4. The summed E-state index contributed by atoms with van der Waals surface area (Å²) in [6, 6.07) is 5.57. The third-order valence-electron chi connectivity index (χ3n) is 3.03. The third kappa shape index (κ3) is 1.84. The van der Waals surface area contributed by atoms with Gasteiger partial charge in [0.25, 0.3) is 0 Å². The van der Waals surface area contributed by atoms with Gasteiger partial charge in [-0.25, -0.2) is 4.39 Å². The lowest BCUT2D eigenvalue weighted by atomic mass is 10.1. The number of hydrogen-bond donors (Lipinski definition) is 1. The lowest BCUT2D eigenvalue weighted by Gasteiger charge is -2.25. The molecule has 1 N–H and O–H groups in total. The van der Waals surface area contributed by atoms with Crippen LogP contribution >= 0.6 is 0 Å². The van der Waals surface area contributed by atoms with E-state index in [1.807, 2.05) is 13.1 Å². The van der Waals surface area contributed by atoms with Gasteiger partial charge in [-0.1, -0.05) is 0 Å². The zero-order chi connectivity index (χ0) is 10.8. The summed E-state index contributed by atoms with van der Waals surface area (Å²) < 4.78 is 13.1. The van der Waals surface area contributed by atoms with E-state index in [4.69, 9.17) is 0 Å². The highest BCUT2D eigenvalue weighted by atomic mass is 19.1. The minimum absolute atomic E-state index is 0.130. The predicted molar refractivity (Wildman–Crippen MR) is 60.8 cm³/mol. The Morgan fingerprint density at radius 2 is 2.33 bits per heavy atom. The van der Waals surface area contributed by atoms with Gasteiger partial charge < -0.3 is 10.2 Å². The van der Waals surface area contributed by atoms with Crippen LogP contribution in [0.15, 0.2) is 18.2 Å². The Bertz CT molecular complexity index is 351. The molecule has 82 valence electrons. The van der Waals surface area contributed by atoms with Crippen molar-refractivity contribution in [1.29, 1.82) is 0 Å². The van der Waals surface area contributed by atoms with E-state index in [-0.39, 0.29) is 5.82 Å². The lowest BCUT2D eigenvalue weighted by molar-refractivity contribution is 0.591. The van der Waals surface area contributed by atoms with Crippen LogP contribution in [0.2, 0.25) is 0 Å². The van der Waals surface area contributed by atoms with Crippen LogP contribution in [-0.2, 0) is 6.42 Å². The minimum atomic E-state index is -0.130. The van der Waals surface area contributed by atoms with Crippen LogP contribution in [0, 0.1) is 5.82 Å². The molecule has 2 nitrogen and oxygen atoms in total. The number of nitrogens with one attached hydrogen (secondary N) is 1. The van der Waals surface area contributed by atoms with Crippen LogP contribution in [0.1, 0.15) is 12.5 Å². The molecule has 0 saturated carbocycles. The Morgan fingerprint density at radius 1 is 1.53 bits per heavy atom. The van der Waals surface area contributed by atoms with Gasteiger partial charge >= 0.3 is 0 Å². The molecule has 3 heteroatoms. The van der Waals surface area contributed by atoms with Gasteiger partial charge in [0.05, 0.1) is 0 Å². The van der Waals surface area contributed by atoms with Crippen LogP contribution < -0.4 is 10.2 Å². The molecule has 0 aliphatic carbocycles. The third-order valence-corrected chi connectivity index (χ3v) is 3.03. The molecule has 1 aliphatic heterocycles. The van der Waals surface area contributed by atoms with Gasteiger partial charge in [-0.3, -0.25) is 0 Å². The van der Waals surface area contributed by atoms with E-state index in [2.05, 4.69) is 17.1 Å². The molecule has 0 amide bonds. The number of likely N-dealkylation sites (N-methyl/N-ethyl adjacent to an activating group) is 2. The molecule has 1 heterocycles. The van der Waals surface area contributed by atoms with Crippen LogP contribution in [-0.4, -0.2) is 26.2 Å². The highest BCUT2D eigenvalue weighted by Crippen LogP contribution is 2.32.